The van der Waals surface area contributed by atoms with Gasteiger partial charge >= 0.3 is 11.9 Å². The van der Waals surface area contributed by atoms with E-state index in [9.17, 15) is 14.4 Å². The number of nitrogens with one attached hydrogen (secondary N) is 1. The van der Waals surface area contributed by atoms with Crippen molar-refractivity contribution in [1.29, 1.82) is 0 Å². The lowest BCUT2D eigenvalue weighted by Crippen LogP contribution is -2.43. The molecule has 0 spiro atoms. The minimum atomic E-state index is -1.07. The van der Waals surface area contributed by atoms with Gasteiger partial charge in [-0.25, -0.2) is 4.79 Å². The third-order valence-corrected chi connectivity index (χ3v) is 6.85. The summed E-state index contributed by atoms with van der Waals surface area (Å²) in [7, 11) is 5.70. The smallest absolute Gasteiger partial charge is 0.336 e. The predicted octanol–water partition coefficient (Wildman–Crippen LogP) is 3.64. The van der Waals surface area contributed by atoms with Crippen molar-refractivity contribution in [2.75, 3.05) is 28.4 Å². The standard InChI is InChI=1S/C28H29NO7/c1-15-22(27(31)35-4)23(17-7-6-8-19(13-17)34-3)25-21(29-15)14-20(24(26(25)30)28(32)36-5)16-9-11-18(33-2)12-10-16/h6-13,20,23-24,29H,14H2,1-5H3/t20-,23+,24-/m1/s1. The minimum Gasteiger partial charge on any atom is -0.497 e. The van der Waals surface area contributed by atoms with E-state index in [4.69, 9.17) is 18.9 Å². The fourth-order valence-electron chi connectivity index (χ4n) is 5.13. The van der Waals surface area contributed by atoms with Crippen molar-refractivity contribution >= 4 is 17.7 Å². The Bertz CT molecular complexity index is 1260. The average molecular weight is 492 g/mol. The van der Waals surface area contributed by atoms with Gasteiger partial charge in [0.1, 0.15) is 17.4 Å². The number of dihydropyridines is 1. The molecule has 0 saturated carbocycles. The lowest BCUT2D eigenvalue weighted by atomic mass is 9.67. The Balaban J connectivity index is 1.90. The van der Waals surface area contributed by atoms with E-state index in [2.05, 4.69) is 5.32 Å². The topological polar surface area (TPSA) is 100 Å². The van der Waals surface area contributed by atoms with Gasteiger partial charge in [-0.05, 0) is 48.7 Å². The number of esters is 2. The zero-order valence-electron chi connectivity index (χ0n) is 20.9. The van der Waals surface area contributed by atoms with Crippen molar-refractivity contribution in [1.82, 2.24) is 5.32 Å². The molecule has 0 unspecified atom stereocenters. The van der Waals surface area contributed by atoms with Gasteiger partial charge in [-0.2, -0.15) is 0 Å². The van der Waals surface area contributed by atoms with Gasteiger partial charge in [-0.1, -0.05) is 24.3 Å². The van der Waals surface area contributed by atoms with Gasteiger partial charge in [0, 0.05) is 28.8 Å². The SMILES string of the molecule is COC(=O)C1=C(C)NC2=C(C(=O)[C@H](C(=O)OC)[C@@H](c3ccc(OC)cc3)C2)[C@H]1c1cccc(OC)c1. The maximum Gasteiger partial charge on any atom is 0.336 e. The first kappa shape index (κ1) is 25.0. The highest BCUT2D eigenvalue weighted by Crippen LogP contribution is 2.48. The van der Waals surface area contributed by atoms with Gasteiger partial charge in [0.2, 0.25) is 0 Å². The maximum absolute atomic E-state index is 14.1. The number of carbonyl (C=O) groups excluding carboxylic acids is 3. The molecular formula is C28H29NO7. The first-order valence-electron chi connectivity index (χ1n) is 11.5. The molecule has 8 heteroatoms. The van der Waals surface area contributed by atoms with Gasteiger partial charge in [-0.3, -0.25) is 9.59 Å². The molecule has 8 nitrogen and oxygen atoms in total. The monoisotopic (exact) mass is 491 g/mol. The van der Waals surface area contributed by atoms with Crippen LogP contribution in [0, 0.1) is 5.92 Å². The van der Waals surface area contributed by atoms with Gasteiger partial charge in [0.15, 0.2) is 5.78 Å². The largest absolute Gasteiger partial charge is 0.497 e. The Kier molecular flexibility index (Phi) is 7.15. The van der Waals surface area contributed by atoms with Crippen LogP contribution >= 0.6 is 0 Å². The van der Waals surface area contributed by atoms with E-state index in [0.29, 0.717) is 46.0 Å². The summed E-state index contributed by atoms with van der Waals surface area (Å²) in [6, 6.07) is 14.5. The molecule has 3 atom stereocenters. The fraction of sp³-hybridized carbons (Fsp3) is 0.321. The Morgan fingerprint density at radius 2 is 1.58 bits per heavy atom. The molecule has 2 aromatic rings. The highest BCUT2D eigenvalue weighted by Gasteiger charge is 2.49. The number of carbonyl (C=O) groups is 3. The molecule has 2 aliphatic rings. The maximum atomic E-state index is 14.1. The molecule has 0 saturated heterocycles. The second-order valence-electron chi connectivity index (χ2n) is 8.71. The molecule has 1 heterocycles. The van der Waals surface area contributed by atoms with Crippen LogP contribution in [0.3, 0.4) is 0 Å². The fourth-order valence-corrected chi connectivity index (χ4v) is 5.13. The predicted molar refractivity (Wildman–Crippen MR) is 131 cm³/mol. The van der Waals surface area contributed by atoms with E-state index in [1.54, 1.807) is 51.5 Å². The molecule has 4 rings (SSSR count). The van der Waals surface area contributed by atoms with Crippen LogP contribution in [0.1, 0.15) is 36.3 Å². The van der Waals surface area contributed by atoms with Gasteiger partial charge in [0.25, 0.3) is 0 Å². The third kappa shape index (κ3) is 4.34. The molecule has 1 aliphatic heterocycles. The van der Waals surface area contributed by atoms with E-state index in [1.165, 1.54) is 14.2 Å². The lowest BCUT2D eigenvalue weighted by molar-refractivity contribution is -0.150. The number of hydrogen-bond donors (Lipinski definition) is 1. The third-order valence-electron chi connectivity index (χ3n) is 6.85. The zero-order chi connectivity index (χ0) is 26.0. The first-order valence-corrected chi connectivity index (χ1v) is 11.5. The molecule has 36 heavy (non-hydrogen) atoms. The van der Waals surface area contributed by atoms with Crippen LogP contribution in [-0.2, 0) is 23.9 Å². The van der Waals surface area contributed by atoms with Crippen molar-refractivity contribution in [3.8, 4) is 11.5 Å². The van der Waals surface area contributed by atoms with E-state index < -0.39 is 35.5 Å². The molecule has 1 N–H and O–H groups in total. The highest BCUT2D eigenvalue weighted by atomic mass is 16.5. The number of hydrogen-bond acceptors (Lipinski definition) is 8. The number of ether oxygens (including phenoxy) is 4. The van der Waals surface area contributed by atoms with Crippen LogP contribution < -0.4 is 14.8 Å². The average Bonchev–Trinajstić information content (AvgIpc) is 2.91. The zero-order valence-corrected chi connectivity index (χ0v) is 20.9. The second kappa shape index (κ2) is 10.3. The summed E-state index contributed by atoms with van der Waals surface area (Å²) >= 11 is 0. The second-order valence-corrected chi connectivity index (χ2v) is 8.71. The summed E-state index contributed by atoms with van der Waals surface area (Å²) in [4.78, 5) is 40.1. The summed E-state index contributed by atoms with van der Waals surface area (Å²) in [5.41, 5.74) is 3.41. The quantitative estimate of drug-likeness (QED) is 0.483. The van der Waals surface area contributed by atoms with Crippen LogP contribution in [0.15, 0.2) is 71.1 Å². The van der Waals surface area contributed by atoms with Crippen molar-refractivity contribution in [2.45, 2.75) is 25.2 Å². The number of allylic oxidation sites excluding steroid dienone is 3. The molecule has 0 amide bonds. The molecule has 0 bridgehead atoms. The van der Waals surface area contributed by atoms with E-state index in [1.807, 2.05) is 18.2 Å². The molecule has 1 aliphatic carbocycles. The first-order chi connectivity index (χ1) is 17.3. The molecule has 0 fully saturated rings. The summed E-state index contributed by atoms with van der Waals surface area (Å²) in [5.74, 6) is -2.58. The van der Waals surface area contributed by atoms with Crippen LogP contribution in [0.4, 0.5) is 0 Å². The van der Waals surface area contributed by atoms with Crippen molar-refractivity contribution < 1.29 is 33.3 Å². The highest BCUT2D eigenvalue weighted by molar-refractivity contribution is 6.13. The molecular weight excluding hydrogens is 462 g/mol. The van der Waals surface area contributed by atoms with Crippen molar-refractivity contribution in [3.05, 3.63) is 82.2 Å². The molecule has 0 aromatic heterocycles. The van der Waals surface area contributed by atoms with Crippen LogP contribution in [0.2, 0.25) is 0 Å². The van der Waals surface area contributed by atoms with Crippen LogP contribution in [0.25, 0.3) is 0 Å². The number of rotatable bonds is 6. The van der Waals surface area contributed by atoms with E-state index in [-0.39, 0.29) is 0 Å². The van der Waals surface area contributed by atoms with Crippen molar-refractivity contribution in [2.24, 2.45) is 5.92 Å². The molecule has 0 radical (unpaired) electrons. The van der Waals surface area contributed by atoms with Gasteiger partial charge in [0.05, 0.1) is 34.0 Å². The van der Waals surface area contributed by atoms with Crippen LogP contribution in [-0.4, -0.2) is 46.2 Å². The van der Waals surface area contributed by atoms with Crippen LogP contribution in [0.5, 0.6) is 11.5 Å². The summed E-state index contributed by atoms with van der Waals surface area (Å²) in [6.07, 6.45) is 0.374. The minimum absolute atomic E-state index is 0.310. The molecule has 2 aromatic carbocycles. The Morgan fingerprint density at radius 1 is 0.889 bits per heavy atom. The van der Waals surface area contributed by atoms with Gasteiger partial charge in [-0.15, -0.1) is 0 Å². The Morgan fingerprint density at radius 3 is 2.19 bits per heavy atom. The number of benzene rings is 2. The number of ketones is 1. The summed E-state index contributed by atoms with van der Waals surface area (Å²) in [6.45, 7) is 1.78. The molecule has 188 valence electrons. The normalized spacial score (nSPS) is 21.4. The van der Waals surface area contributed by atoms with E-state index in [0.717, 1.165) is 5.56 Å². The van der Waals surface area contributed by atoms with Crippen molar-refractivity contribution in [3.63, 3.8) is 0 Å². The summed E-state index contributed by atoms with van der Waals surface area (Å²) in [5, 5.41) is 3.27. The Hall–Kier alpha value is -4.07. The summed E-state index contributed by atoms with van der Waals surface area (Å²) < 4.78 is 20.8. The number of methoxy groups -OCH3 is 4. The Labute approximate surface area is 209 Å². The van der Waals surface area contributed by atoms with E-state index >= 15 is 0 Å². The number of Topliss-reactive ketones (excluding diaryl/α,β-unsaturated/α-hetero) is 1. The lowest BCUT2D eigenvalue weighted by Gasteiger charge is -2.39. The van der Waals surface area contributed by atoms with Gasteiger partial charge < -0.3 is 24.3 Å².